The molecule has 2 fully saturated rings. The molecular formula is C27H36BF3O6. The highest BCUT2D eigenvalue weighted by molar-refractivity contribution is 6.44. The number of ether oxygens (including phenoxy) is 1. The van der Waals surface area contributed by atoms with Crippen molar-refractivity contribution in [3.8, 4) is 5.75 Å². The fraction of sp³-hybridized carbons (Fsp3) is 0.593. The van der Waals surface area contributed by atoms with Gasteiger partial charge in [-0.05, 0) is 56.1 Å². The molecule has 2 bridgehead atoms. The van der Waals surface area contributed by atoms with Crippen LogP contribution in [0, 0.1) is 11.8 Å². The maximum atomic E-state index is 12.9. The number of aliphatic hydroxyl groups is 1. The summed E-state index contributed by atoms with van der Waals surface area (Å²) in [7, 11) is -0.252. The second-order valence-electron chi connectivity index (χ2n) is 9.68. The van der Waals surface area contributed by atoms with E-state index in [1.165, 1.54) is 12.1 Å². The van der Waals surface area contributed by atoms with Crippen molar-refractivity contribution in [2.75, 3.05) is 6.61 Å². The van der Waals surface area contributed by atoms with Gasteiger partial charge in [0.05, 0.1) is 11.7 Å². The lowest BCUT2D eigenvalue weighted by molar-refractivity contribution is -0.138. The number of unbranched alkanes of at least 4 members (excludes halogenated alkanes) is 2. The van der Waals surface area contributed by atoms with Crippen LogP contribution in [-0.4, -0.2) is 48.2 Å². The quantitative estimate of drug-likeness (QED) is 0.179. The third kappa shape index (κ3) is 9.19. The van der Waals surface area contributed by atoms with Gasteiger partial charge in [-0.25, -0.2) is 0 Å². The third-order valence-electron chi connectivity index (χ3n) is 6.79. The number of benzene rings is 1. The van der Waals surface area contributed by atoms with Crippen LogP contribution in [0.4, 0.5) is 13.2 Å². The summed E-state index contributed by atoms with van der Waals surface area (Å²) in [6, 6.07) is 4.58. The number of rotatable bonds is 14. The lowest BCUT2D eigenvalue weighted by atomic mass is 9.80. The minimum Gasteiger partial charge on any atom is -0.491 e. The highest BCUT2D eigenvalue weighted by Gasteiger charge is 2.49. The molecule has 0 amide bonds. The number of halogens is 3. The minimum atomic E-state index is -4.46. The van der Waals surface area contributed by atoms with E-state index < -0.39 is 23.8 Å². The monoisotopic (exact) mass is 524 g/mol. The van der Waals surface area contributed by atoms with Crippen LogP contribution in [0.15, 0.2) is 48.6 Å². The van der Waals surface area contributed by atoms with E-state index in [4.69, 9.17) is 19.2 Å². The average Bonchev–Trinajstić information content (AvgIpc) is 3.10. The summed E-state index contributed by atoms with van der Waals surface area (Å²) in [5.41, 5.74) is -0.804. The number of hydrogen-bond donors (Lipinski definition) is 2. The highest BCUT2D eigenvalue weighted by Crippen LogP contribution is 2.44. The van der Waals surface area contributed by atoms with Crippen molar-refractivity contribution in [1.82, 2.24) is 0 Å². The Balaban J connectivity index is 1.60. The van der Waals surface area contributed by atoms with Crippen LogP contribution in [0.2, 0.25) is 6.32 Å². The molecule has 204 valence electrons. The van der Waals surface area contributed by atoms with Crippen LogP contribution in [0.5, 0.6) is 5.75 Å². The Bertz CT molecular complexity index is 922. The fourth-order valence-electron chi connectivity index (χ4n) is 4.89. The lowest BCUT2D eigenvalue weighted by Crippen LogP contribution is -2.37. The van der Waals surface area contributed by atoms with Crippen molar-refractivity contribution in [2.45, 2.75) is 82.7 Å². The van der Waals surface area contributed by atoms with Crippen molar-refractivity contribution in [3.05, 3.63) is 54.1 Å². The molecule has 1 saturated carbocycles. The number of carboxylic acid groups (broad SMARTS) is 1. The zero-order valence-corrected chi connectivity index (χ0v) is 21.1. The SMILES string of the molecule is CCCCB1O[C@H]2C[C@@H](O1)[C@H](/C=C/[C@@H](O)COc1cccc(C(F)(F)F)c1)[C@H]2CC=CCCCC(=O)O. The number of hydrogen-bond acceptors (Lipinski definition) is 5. The molecule has 0 radical (unpaired) electrons. The molecule has 3 rings (SSSR count). The molecule has 1 aliphatic carbocycles. The van der Waals surface area contributed by atoms with Gasteiger partial charge in [0.2, 0.25) is 0 Å². The molecule has 1 aromatic carbocycles. The Kier molecular flexibility index (Phi) is 11.1. The van der Waals surface area contributed by atoms with Gasteiger partial charge in [0.15, 0.2) is 0 Å². The molecule has 1 aromatic rings. The van der Waals surface area contributed by atoms with Crippen molar-refractivity contribution in [3.63, 3.8) is 0 Å². The van der Waals surface area contributed by atoms with Gasteiger partial charge < -0.3 is 24.3 Å². The Morgan fingerprint density at radius 1 is 1.24 bits per heavy atom. The van der Waals surface area contributed by atoms with Gasteiger partial charge in [0.1, 0.15) is 18.5 Å². The number of allylic oxidation sites excluding steroid dienone is 2. The van der Waals surface area contributed by atoms with Crippen molar-refractivity contribution < 1.29 is 42.2 Å². The minimum absolute atomic E-state index is 0.00324. The van der Waals surface area contributed by atoms with Crippen LogP contribution in [-0.2, 0) is 20.3 Å². The number of aliphatic carboxylic acids is 1. The van der Waals surface area contributed by atoms with E-state index in [1.807, 2.05) is 12.2 Å². The van der Waals surface area contributed by atoms with Crippen LogP contribution in [0.1, 0.15) is 57.4 Å². The topological polar surface area (TPSA) is 85.2 Å². The van der Waals surface area contributed by atoms with Crippen LogP contribution < -0.4 is 4.74 Å². The van der Waals surface area contributed by atoms with Crippen molar-refractivity contribution in [2.24, 2.45) is 11.8 Å². The molecule has 5 atom stereocenters. The van der Waals surface area contributed by atoms with E-state index in [9.17, 15) is 23.1 Å². The van der Waals surface area contributed by atoms with E-state index in [0.717, 1.165) is 44.1 Å². The largest absolute Gasteiger partial charge is 0.491 e. The summed E-state index contributed by atoms with van der Waals surface area (Å²) in [5, 5.41) is 19.2. The summed E-state index contributed by atoms with van der Waals surface area (Å²) in [4.78, 5) is 10.7. The molecular weight excluding hydrogens is 488 g/mol. The van der Waals surface area contributed by atoms with Gasteiger partial charge in [0.25, 0.3) is 0 Å². The molecule has 1 aliphatic heterocycles. The Labute approximate surface area is 216 Å². The summed E-state index contributed by atoms with van der Waals surface area (Å²) >= 11 is 0. The second-order valence-corrected chi connectivity index (χ2v) is 9.68. The first-order valence-corrected chi connectivity index (χ1v) is 13.0. The summed E-state index contributed by atoms with van der Waals surface area (Å²) in [6.07, 6.45) is 7.90. The van der Waals surface area contributed by atoms with Gasteiger partial charge in [-0.15, -0.1) is 0 Å². The molecule has 2 aliphatic rings. The summed E-state index contributed by atoms with van der Waals surface area (Å²) < 4.78 is 56.6. The van der Waals surface area contributed by atoms with Crippen LogP contribution in [0.3, 0.4) is 0 Å². The smallest absolute Gasteiger partial charge is 0.457 e. The zero-order valence-electron chi connectivity index (χ0n) is 21.1. The molecule has 1 heterocycles. The van der Waals surface area contributed by atoms with Crippen molar-refractivity contribution >= 4 is 13.1 Å². The average molecular weight is 524 g/mol. The standard InChI is InChI=1S/C27H36BF3O6/c1-2-3-15-28-36-24-17-25(37-28)23(22(24)11-6-4-5-7-12-26(33)34)14-13-20(32)18-35-21-10-8-9-19(16-21)27(29,30)31/h4,6,8-10,13-14,16,20,22-25,32H,2-3,5,7,11-12,15,17-18H2,1H3,(H,33,34)/b6-4?,14-13+/t20-,22-,23-,24+,25-/m1/s1. The number of fused-ring (bicyclic) bond motifs is 2. The molecule has 10 heteroatoms. The normalized spacial score (nSPS) is 24.7. The van der Waals surface area contributed by atoms with Gasteiger partial charge in [-0.1, -0.05) is 50.1 Å². The van der Waals surface area contributed by atoms with Crippen molar-refractivity contribution in [1.29, 1.82) is 0 Å². The van der Waals surface area contributed by atoms with E-state index >= 15 is 0 Å². The first-order chi connectivity index (χ1) is 17.7. The maximum Gasteiger partial charge on any atom is 0.457 e. The first kappa shape index (κ1) is 29.3. The van der Waals surface area contributed by atoms with E-state index in [2.05, 4.69) is 13.0 Å². The Morgan fingerprint density at radius 2 is 2.03 bits per heavy atom. The van der Waals surface area contributed by atoms with Crippen LogP contribution >= 0.6 is 0 Å². The molecule has 0 unspecified atom stereocenters. The fourth-order valence-corrected chi connectivity index (χ4v) is 4.89. The molecule has 0 spiro atoms. The van der Waals surface area contributed by atoms with Gasteiger partial charge >= 0.3 is 19.3 Å². The second kappa shape index (κ2) is 14.0. The predicted octanol–water partition coefficient (Wildman–Crippen LogP) is 5.91. The van der Waals surface area contributed by atoms with E-state index in [0.29, 0.717) is 12.8 Å². The molecule has 2 N–H and O–H groups in total. The maximum absolute atomic E-state index is 12.9. The van der Waals surface area contributed by atoms with E-state index in [-0.39, 0.29) is 49.9 Å². The zero-order chi connectivity index (χ0) is 26.8. The van der Waals surface area contributed by atoms with Gasteiger partial charge in [-0.3, -0.25) is 4.79 Å². The summed E-state index contributed by atoms with van der Waals surface area (Å²) in [6.45, 7) is 1.94. The highest BCUT2D eigenvalue weighted by atomic mass is 19.4. The molecule has 6 nitrogen and oxygen atoms in total. The van der Waals surface area contributed by atoms with Gasteiger partial charge in [-0.2, -0.15) is 13.2 Å². The predicted molar refractivity (Wildman–Crippen MR) is 134 cm³/mol. The number of aliphatic hydroxyl groups excluding tert-OH is 1. The van der Waals surface area contributed by atoms with Crippen LogP contribution in [0.25, 0.3) is 0 Å². The van der Waals surface area contributed by atoms with Gasteiger partial charge in [0, 0.05) is 18.4 Å². The molecule has 37 heavy (non-hydrogen) atoms. The summed E-state index contributed by atoms with van der Waals surface area (Å²) in [5.74, 6) is -0.619. The lowest BCUT2D eigenvalue weighted by Gasteiger charge is -2.27. The number of carboxylic acids is 1. The Morgan fingerprint density at radius 3 is 2.76 bits per heavy atom. The molecule has 1 saturated heterocycles. The third-order valence-corrected chi connectivity index (χ3v) is 6.79. The number of alkyl halides is 3. The molecule has 0 aromatic heterocycles. The first-order valence-electron chi connectivity index (χ1n) is 13.0. The Hall–Kier alpha value is -2.30. The number of carbonyl (C=O) groups is 1. The van der Waals surface area contributed by atoms with E-state index in [1.54, 1.807) is 6.08 Å².